The number of anilines is 2. The third-order valence-corrected chi connectivity index (χ3v) is 7.31. The number of hydrazine groups is 2. The number of aromatic nitrogens is 1. The van der Waals surface area contributed by atoms with Crippen molar-refractivity contribution in [2.24, 2.45) is 5.41 Å². The summed E-state index contributed by atoms with van der Waals surface area (Å²) < 4.78 is 13.8. The Bertz CT molecular complexity index is 1430. The minimum absolute atomic E-state index is 0.0478. The smallest absolute Gasteiger partial charge is 0.123 e. The van der Waals surface area contributed by atoms with Crippen LogP contribution in [0.1, 0.15) is 75.1 Å². The zero-order valence-electron chi connectivity index (χ0n) is 22.1. The number of nitrogens with zero attached hydrogens (tertiary/aromatic N) is 3. The van der Waals surface area contributed by atoms with Crippen molar-refractivity contribution in [3.63, 3.8) is 0 Å². The number of rotatable bonds is 8. The first-order chi connectivity index (χ1) is 18.3. The topological polar surface area (TPSA) is 88.0 Å². The molecule has 0 saturated heterocycles. The Kier molecular flexibility index (Phi) is 6.11. The monoisotopic (exact) mass is 511 g/mol. The molecular weight excluding hydrogens is 477 g/mol. The van der Waals surface area contributed by atoms with Gasteiger partial charge in [0.05, 0.1) is 28.5 Å². The van der Waals surface area contributed by atoms with Crippen LogP contribution >= 0.6 is 0 Å². The van der Waals surface area contributed by atoms with Gasteiger partial charge in [0.25, 0.3) is 0 Å². The number of fused-ring (bicyclic) bond motifs is 1. The molecule has 2 saturated carbocycles. The number of nitriles is 1. The zero-order valence-corrected chi connectivity index (χ0v) is 22.1. The molecule has 3 aliphatic rings. The van der Waals surface area contributed by atoms with Gasteiger partial charge in [0.15, 0.2) is 0 Å². The van der Waals surface area contributed by atoms with E-state index in [1.807, 2.05) is 12.1 Å². The van der Waals surface area contributed by atoms with Crippen molar-refractivity contribution in [3.8, 4) is 6.07 Å². The van der Waals surface area contributed by atoms with Gasteiger partial charge in [0.1, 0.15) is 11.9 Å². The van der Waals surface area contributed by atoms with E-state index < -0.39 is 0 Å². The second-order valence-electron chi connectivity index (χ2n) is 11.9. The molecule has 0 bridgehead atoms. The van der Waals surface area contributed by atoms with Crippen molar-refractivity contribution in [2.75, 3.05) is 17.2 Å². The molecule has 1 aromatic heterocycles. The molecule has 3 aromatic rings. The molecule has 7 nitrogen and oxygen atoms in total. The summed E-state index contributed by atoms with van der Waals surface area (Å²) in [5.41, 5.74) is 13.0. The van der Waals surface area contributed by atoms with Crippen LogP contribution in [0, 0.1) is 22.6 Å². The van der Waals surface area contributed by atoms with Gasteiger partial charge in [0.2, 0.25) is 0 Å². The van der Waals surface area contributed by atoms with Crippen molar-refractivity contribution in [3.05, 3.63) is 77.0 Å². The molecule has 2 aromatic carbocycles. The van der Waals surface area contributed by atoms with E-state index in [9.17, 15) is 9.65 Å². The average molecular weight is 512 g/mol. The van der Waals surface area contributed by atoms with Gasteiger partial charge in [-0.15, -0.1) is 5.53 Å². The first-order valence-electron chi connectivity index (χ1n) is 13.4. The first-order valence-corrected chi connectivity index (χ1v) is 13.4. The van der Waals surface area contributed by atoms with E-state index in [0.29, 0.717) is 17.5 Å². The van der Waals surface area contributed by atoms with E-state index in [1.165, 1.54) is 30.5 Å². The van der Waals surface area contributed by atoms with Crippen molar-refractivity contribution >= 4 is 22.3 Å². The molecule has 2 aliphatic carbocycles. The van der Waals surface area contributed by atoms with Crippen LogP contribution in [-0.2, 0) is 0 Å². The molecule has 2 fully saturated rings. The normalized spacial score (nSPS) is 18.1. The van der Waals surface area contributed by atoms with Crippen LogP contribution < -0.4 is 21.6 Å². The summed E-state index contributed by atoms with van der Waals surface area (Å²) in [6.45, 7) is 7.25. The summed E-state index contributed by atoms with van der Waals surface area (Å²) in [6, 6.07) is 13.5. The Morgan fingerprint density at radius 1 is 1.16 bits per heavy atom. The highest BCUT2D eigenvalue weighted by Gasteiger charge is 2.33. The van der Waals surface area contributed by atoms with E-state index in [1.54, 1.807) is 6.20 Å². The SMILES string of the molecule is CC(C)(C)CNc1c(C#N)cnc2c(C3CC3)cc(NC(C3=CN(C4CC4)NN3)c3ccc(F)cc3)cc12. The van der Waals surface area contributed by atoms with Gasteiger partial charge in [-0.1, -0.05) is 32.9 Å². The van der Waals surface area contributed by atoms with Gasteiger partial charge >= 0.3 is 0 Å². The van der Waals surface area contributed by atoms with Crippen molar-refractivity contribution in [1.82, 2.24) is 21.0 Å². The summed E-state index contributed by atoms with van der Waals surface area (Å²) >= 11 is 0. The first kappa shape index (κ1) is 24.5. The van der Waals surface area contributed by atoms with Gasteiger partial charge in [-0.3, -0.25) is 9.99 Å². The highest BCUT2D eigenvalue weighted by molar-refractivity contribution is 5.98. The number of halogens is 1. The van der Waals surface area contributed by atoms with Gasteiger partial charge in [-0.05, 0) is 72.4 Å². The maximum atomic E-state index is 13.8. The lowest BCUT2D eigenvalue weighted by Crippen LogP contribution is -2.38. The Balaban J connectivity index is 1.43. The fourth-order valence-electron chi connectivity index (χ4n) is 4.95. The second-order valence-corrected chi connectivity index (χ2v) is 11.9. The lowest BCUT2D eigenvalue weighted by atomic mass is 9.96. The third kappa shape index (κ3) is 5.11. The lowest BCUT2D eigenvalue weighted by Gasteiger charge is -2.24. The van der Waals surface area contributed by atoms with Gasteiger partial charge < -0.3 is 16.1 Å². The molecule has 4 N–H and O–H groups in total. The highest BCUT2D eigenvalue weighted by atomic mass is 19.1. The zero-order chi connectivity index (χ0) is 26.4. The number of nitrogens with one attached hydrogen (secondary N) is 4. The number of pyridine rings is 1. The summed E-state index contributed by atoms with van der Waals surface area (Å²) in [5.74, 6) is 0.209. The van der Waals surface area contributed by atoms with Crippen molar-refractivity contribution < 1.29 is 4.39 Å². The molecule has 1 aliphatic heterocycles. The van der Waals surface area contributed by atoms with Crippen LogP contribution in [-0.4, -0.2) is 22.6 Å². The van der Waals surface area contributed by atoms with Crippen LogP contribution in [0.25, 0.3) is 10.9 Å². The van der Waals surface area contributed by atoms with Crippen molar-refractivity contribution in [2.45, 2.75) is 64.5 Å². The molecule has 6 rings (SSSR count). The van der Waals surface area contributed by atoms with Crippen LogP contribution in [0.4, 0.5) is 15.8 Å². The molecule has 0 amide bonds. The molecule has 2 heterocycles. The van der Waals surface area contributed by atoms with Gasteiger partial charge in [-0.2, -0.15) is 5.26 Å². The van der Waals surface area contributed by atoms with E-state index in [4.69, 9.17) is 4.98 Å². The fraction of sp³-hybridized carbons (Fsp3) is 0.400. The minimum Gasteiger partial charge on any atom is -0.383 e. The second kappa shape index (κ2) is 9.48. The summed E-state index contributed by atoms with van der Waals surface area (Å²) in [6.07, 6.45) is 8.41. The molecule has 1 atom stereocenters. The van der Waals surface area contributed by atoms with E-state index >= 15 is 0 Å². The Morgan fingerprint density at radius 3 is 2.58 bits per heavy atom. The maximum Gasteiger partial charge on any atom is 0.123 e. The molecular formula is C30H34FN7. The van der Waals surface area contributed by atoms with Gasteiger partial charge in [-0.25, -0.2) is 4.39 Å². The Labute approximate surface area is 223 Å². The fourth-order valence-corrected chi connectivity index (χ4v) is 4.95. The Hall–Kier alpha value is -3.83. The summed E-state index contributed by atoms with van der Waals surface area (Å²) in [5, 5.41) is 20.2. The van der Waals surface area contributed by atoms with E-state index in [2.05, 4.69) is 71.8 Å². The summed E-state index contributed by atoms with van der Waals surface area (Å²) in [4.78, 5) is 4.75. The lowest BCUT2D eigenvalue weighted by molar-refractivity contribution is 0.260. The maximum absolute atomic E-state index is 13.8. The number of hydrogen-bond donors (Lipinski definition) is 4. The van der Waals surface area contributed by atoms with E-state index in [-0.39, 0.29) is 17.3 Å². The Morgan fingerprint density at radius 2 is 1.92 bits per heavy atom. The van der Waals surface area contributed by atoms with Crippen LogP contribution in [0.3, 0.4) is 0 Å². The molecule has 196 valence electrons. The average Bonchev–Trinajstić information content (AvgIpc) is 3.84. The largest absolute Gasteiger partial charge is 0.383 e. The van der Waals surface area contributed by atoms with Crippen LogP contribution in [0.2, 0.25) is 0 Å². The molecule has 1 unspecified atom stereocenters. The molecule has 38 heavy (non-hydrogen) atoms. The third-order valence-electron chi connectivity index (χ3n) is 7.31. The van der Waals surface area contributed by atoms with Gasteiger partial charge in [0, 0.05) is 36.1 Å². The molecule has 0 radical (unpaired) electrons. The summed E-state index contributed by atoms with van der Waals surface area (Å²) in [7, 11) is 0. The number of benzene rings is 2. The number of hydrogen-bond acceptors (Lipinski definition) is 7. The standard InChI is InChI=1S/C30H34FN7/c1-30(2,3)17-34-27-20(14-32)15-33-29-24(18-4-5-18)12-22(13-25(27)29)35-28(19-6-8-21(31)9-7-19)26-16-38(37-36-26)23-10-11-23/h6-9,12-13,15-16,18,23,28,35-37H,4-5,10-11,17H2,1-3H3,(H,33,34). The van der Waals surface area contributed by atoms with Crippen molar-refractivity contribution in [1.29, 1.82) is 5.26 Å². The predicted molar refractivity (Wildman–Crippen MR) is 148 cm³/mol. The molecule has 0 spiro atoms. The molecule has 8 heteroatoms. The predicted octanol–water partition coefficient (Wildman–Crippen LogP) is 6.06. The van der Waals surface area contributed by atoms with Crippen LogP contribution in [0.15, 0.2) is 54.5 Å². The van der Waals surface area contributed by atoms with Crippen LogP contribution in [0.5, 0.6) is 0 Å². The minimum atomic E-state index is -0.259. The quantitative estimate of drug-likeness (QED) is 0.292. The highest BCUT2D eigenvalue weighted by Crippen LogP contribution is 2.46. The van der Waals surface area contributed by atoms with E-state index in [0.717, 1.165) is 52.9 Å².